The molecule has 2 aliphatic rings. The van der Waals surface area contributed by atoms with Crippen LogP contribution in [-0.4, -0.2) is 47.1 Å². The van der Waals surface area contributed by atoms with Gasteiger partial charge in [0.2, 0.25) is 5.91 Å². The number of methoxy groups -OCH3 is 2. The van der Waals surface area contributed by atoms with Crippen molar-refractivity contribution in [2.45, 2.75) is 64.2 Å². The van der Waals surface area contributed by atoms with Crippen LogP contribution in [0.2, 0.25) is 0 Å². The molecule has 3 atom stereocenters. The fourth-order valence-electron chi connectivity index (χ4n) is 5.82. The third-order valence-corrected chi connectivity index (χ3v) is 8.05. The van der Waals surface area contributed by atoms with Crippen LogP contribution in [-0.2, 0) is 17.9 Å². The molecule has 7 heteroatoms. The molecular formula is C29H35N3O4. The summed E-state index contributed by atoms with van der Waals surface area (Å²) in [5, 5.41) is 4.13. The first kappa shape index (κ1) is 24.2. The second kappa shape index (κ2) is 9.52. The highest BCUT2D eigenvalue weighted by Gasteiger charge is 2.48. The number of rotatable bonds is 6. The summed E-state index contributed by atoms with van der Waals surface area (Å²) in [4.78, 5) is 29.9. The van der Waals surface area contributed by atoms with Gasteiger partial charge >= 0.3 is 0 Å². The Labute approximate surface area is 212 Å². The Kier molecular flexibility index (Phi) is 6.41. The summed E-state index contributed by atoms with van der Waals surface area (Å²) >= 11 is 0. The molecule has 1 aromatic heterocycles. The Morgan fingerprint density at radius 1 is 1.06 bits per heavy atom. The van der Waals surface area contributed by atoms with Crippen LogP contribution in [0.3, 0.4) is 0 Å². The Morgan fingerprint density at radius 2 is 1.75 bits per heavy atom. The van der Waals surface area contributed by atoms with E-state index in [2.05, 4.69) is 12.2 Å². The van der Waals surface area contributed by atoms with E-state index in [0.29, 0.717) is 36.2 Å². The second-order valence-corrected chi connectivity index (χ2v) is 10.3. The molecule has 1 aliphatic heterocycles. The molecule has 2 heterocycles. The van der Waals surface area contributed by atoms with Gasteiger partial charge in [-0.1, -0.05) is 50.1 Å². The van der Waals surface area contributed by atoms with Crippen LogP contribution in [0.4, 0.5) is 0 Å². The SMILES string of the molecule is COc1ccc(OC)c2c1cc1n2CC(C)(C(=O)NC2CCCCC2C)N(Cc2ccccc2)C1=O. The molecule has 36 heavy (non-hydrogen) atoms. The fraction of sp³-hybridized carbons (Fsp3) is 0.448. The van der Waals surface area contributed by atoms with E-state index in [4.69, 9.17) is 9.47 Å². The van der Waals surface area contributed by atoms with E-state index >= 15 is 0 Å². The molecule has 1 N–H and O–H groups in total. The van der Waals surface area contributed by atoms with Gasteiger partial charge in [0, 0.05) is 18.0 Å². The quantitative estimate of drug-likeness (QED) is 0.542. The maximum atomic E-state index is 14.1. The molecule has 3 unspecified atom stereocenters. The standard InChI is InChI=1S/C29H35N3O4/c1-19-10-8-9-13-22(19)30-28(34)29(2)18-31-23(27(33)32(29)17-20-11-6-5-7-12-20)16-21-24(35-3)14-15-25(36-4)26(21)31/h5-7,11-12,14-16,19,22H,8-10,13,17-18H2,1-4H3,(H,30,34). The minimum Gasteiger partial charge on any atom is -0.496 e. The van der Waals surface area contributed by atoms with E-state index in [0.717, 1.165) is 35.7 Å². The predicted octanol–water partition coefficient (Wildman–Crippen LogP) is 4.77. The van der Waals surface area contributed by atoms with E-state index < -0.39 is 5.54 Å². The maximum Gasteiger partial charge on any atom is 0.271 e. The molecule has 2 aromatic carbocycles. The van der Waals surface area contributed by atoms with Gasteiger partial charge in [0.05, 0.1) is 26.3 Å². The smallest absolute Gasteiger partial charge is 0.271 e. The summed E-state index contributed by atoms with van der Waals surface area (Å²) in [5.41, 5.74) is 1.19. The third kappa shape index (κ3) is 4.00. The summed E-state index contributed by atoms with van der Waals surface area (Å²) in [5.74, 6) is 1.43. The Balaban J connectivity index is 1.62. The first-order valence-electron chi connectivity index (χ1n) is 12.8. The van der Waals surface area contributed by atoms with Gasteiger partial charge in [-0.05, 0) is 49.4 Å². The number of amides is 2. The average Bonchev–Trinajstić information content (AvgIpc) is 3.27. The molecule has 0 radical (unpaired) electrons. The molecule has 1 fully saturated rings. The molecule has 5 rings (SSSR count). The van der Waals surface area contributed by atoms with Gasteiger partial charge in [-0.3, -0.25) is 9.59 Å². The van der Waals surface area contributed by atoms with Gasteiger partial charge in [-0.25, -0.2) is 0 Å². The zero-order valence-corrected chi connectivity index (χ0v) is 21.5. The highest BCUT2D eigenvalue weighted by molar-refractivity contribution is 6.05. The lowest BCUT2D eigenvalue weighted by atomic mass is 9.85. The Bertz CT molecular complexity index is 1280. The first-order valence-corrected chi connectivity index (χ1v) is 12.8. The van der Waals surface area contributed by atoms with Crippen LogP contribution in [0.15, 0.2) is 48.5 Å². The van der Waals surface area contributed by atoms with Crippen molar-refractivity contribution in [1.82, 2.24) is 14.8 Å². The number of carbonyl (C=O) groups excluding carboxylic acids is 2. The largest absolute Gasteiger partial charge is 0.496 e. The monoisotopic (exact) mass is 489 g/mol. The molecule has 0 saturated heterocycles. The summed E-state index contributed by atoms with van der Waals surface area (Å²) in [6.07, 6.45) is 4.39. The number of aromatic nitrogens is 1. The second-order valence-electron chi connectivity index (χ2n) is 10.3. The summed E-state index contributed by atoms with van der Waals surface area (Å²) in [6, 6.07) is 15.5. The van der Waals surface area contributed by atoms with E-state index in [9.17, 15) is 9.59 Å². The van der Waals surface area contributed by atoms with Crippen molar-refractivity contribution in [2.75, 3.05) is 14.2 Å². The van der Waals surface area contributed by atoms with Crippen LogP contribution >= 0.6 is 0 Å². The zero-order valence-electron chi connectivity index (χ0n) is 21.5. The van der Waals surface area contributed by atoms with Gasteiger partial charge in [-0.15, -0.1) is 0 Å². The number of ether oxygens (including phenoxy) is 2. The molecule has 3 aromatic rings. The maximum absolute atomic E-state index is 14.1. The summed E-state index contributed by atoms with van der Waals surface area (Å²) in [7, 11) is 3.23. The molecule has 190 valence electrons. The molecular weight excluding hydrogens is 454 g/mol. The van der Waals surface area contributed by atoms with Crippen molar-refractivity contribution in [3.8, 4) is 11.5 Å². The molecule has 1 aliphatic carbocycles. The predicted molar refractivity (Wildman–Crippen MR) is 139 cm³/mol. The van der Waals surface area contributed by atoms with E-state index in [-0.39, 0.29) is 17.9 Å². The molecule has 1 saturated carbocycles. The number of benzene rings is 2. The van der Waals surface area contributed by atoms with Gasteiger partial charge < -0.3 is 24.3 Å². The minimum atomic E-state index is -1.09. The van der Waals surface area contributed by atoms with Gasteiger partial charge in [-0.2, -0.15) is 0 Å². The molecule has 0 spiro atoms. The van der Waals surface area contributed by atoms with Crippen molar-refractivity contribution >= 4 is 22.7 Å². The molecule has 2 amide bonds. The highest BCUT2D eigenvalue weighted by atomic mass is 16.5. The summed E-state index contributed by atoms with van der Waals surface area (Å²) < 4.78 is 13.2. The number of hydrogen-bond acceptors (Lipinski definition) is 4. The highest BCUT2D eigenvalue weighted by Crippen LogP contribution is 2.40. The van der Waals surface area contributed by atoms with Crippen molar-refractivity contribution in [1.29, 1.82) is 0 Å². The normalized spacial score (nSPS) is 23.9. The van der Waals surface area contributed by atoms with Crippen LogP contribution in [0.1, 0.15) is 55.6 Å². The lowest BCUT2D eigenvalue weighted by molar-refractivity contribution is -0.134. The lowest BCUT2D eigenvalue weighted by Crippen LogP contribution is -2.65. The average molecular weight is 490 g/mol. The zero-order chi connectivity index (χ0) is 25.4. The van der Waals surface area contributed by atoms with Crippen molar-refractivity contribution < 1.29 is 19.1 Å². The van der Waals surface area contributed by atoms with Crippen LogP contribution < -0.4 is 14.8 Å². The van der Waals surface area contributed by atoms with Gasteiger partial charge in [0.25, 0.3) is 5.91 Å². The molecule has 0 bridgehead atoms. The van der Waals surface area contributed by atoms with E-state index in [1.54, 1.807) is 19.1 Å². The number of nitrogens with zero attached hydrogens (tertiary/aromatic N) is 2. The van der Waals surface area contributed by atoms with Gasteiger partial charge in [0.1, 0.15) is 22.7 Å². The number of hydrogen-bond donors (Lipinski definition) is 1. The van der Waals surface area contributed by atoms with Crippen molar-refractivity contribution in [3.05, 3.63) is 59.8 Å². The summed E-state index contributed by atoms with van der Waals surface area (Å²) in [6.45, 7) is 4.76. The van der Waals surface area contributed by atoms with Gasteiger partial charge in [0.15, 0.2) is 0 Å². The van der Waals surface area contributed by atoms with Crippen molar-refractivity contribution in [2.24, 2.45) is 5.92 Å². The number of nitrogens with one attached hydrogen (secondary N) is 1. The topological polar surface area (TPSA) is 72.8 Å². The van der Waals surface area contributed by atoms with Crippen LogP contribution in [0, 0.1) is 5.92 Å². The number of carbonyl (C=O) groups is 2. The van der Waals surface area contributed by atoms with E-state index in [1.807, 2.05) is 60.0 Å². The minimum absolute atomic E-state index is 0.111. The Hall–Kier alpha value is -3.48. The van der Waals surface area contributed by atoms with Crippen LogP contribution in [0.25, 0.3) is 10.9 Å². The first-order chi connectivity index (χ1) is 17.4. The fourth-order valence-corrected chi connectivity index (χ4v) is 5.82. The van der Waals surface area contributed by atoms with Crippen LogP contribution in [0.5, 0.6) is 11.5 Å². The Morgan fingerprint density at radius 3 is 2.44 bits per heavy atom. The number of fused-ring (bicyclic) bond motifs is 3. The van der Waals surface area contributed by atoms with E-state index in [1.165, 1.54) is 6.42 Å². The molecule has 7 nitrogen and oxygen atoms in total. The lowest BCUT2D eigenvalue weighted by Gasteiger charge is -2.45. The third-order valence-electron chi connectivity index (χ3n) is 8.05. The van der Waals surface area contributed by atoms with Crippen molar-refractivity contribution in [3.63, 3.8) is 0 Å².